The van der Waals surface area contributed by atoms with E-state index < -0.39 is 0 Å². The van der Waals surface area contributed by atoms with E-state index in [9.17, 15) is 0 Å². The second kappa shape index (κ2) is 5.65. The summed E-state index contributed by atoms with van der Waals surface area (Å²) in [4.78, 5) is 2.63. The molecule has 2 unspecified atom stereocenters. The largest absolute Gasteiger partial charge is 0.315 e. The lowest BCUT2D eigenvalue weighted by Crippen LogP contribution is -2.44. The normalized spacial score (nSPS) is 25.6. The van der Waals surface area contributed by atoms with Crippen LogP contribution >= 0.6 is 0 Å². The minimum Gasteiger partial charge on any atom is -0.315 e. The minimum absolute atomic E-state index is 0.652. The highest BCUT2D eigenvalue weighted by atomic mass is 15.2. The van der Waals surface area contributed by atoms with Gasteiger partial charge in [0.05, 0.1) is 0 Å². The van der Waals surface area contributed by atoms with Gasteiger partial charge in [-0.25, -0.2) is 0 Å². The van der Waals surface area contributed by atoms with Gasteiger partial charge in [0.15, 0.2) is 0 Å². The third-order valence-corrected chi connectivity index (χ3v) is 3.84. The molecule has 0 aliphatic carbocycles. The maximum atomic E-state index is 3.47. The fourth-order valence-electron chi connectivity index (χ4n) is 3.08. The maximum absolute atomic E-state index is 3.47. The molecule has 1 N–H and O–H groups in total. The molecular weight excluding hydrogens is 208 g/mol. The lowest BCUT2D eigenvalue weighted by atomic mass is 9.97. The second-order valence-corrected chi connectivity index (χ2v) is 5.37. The molecule has 2 nitrogen and oxygen atoms in total. The Morgan fingerprint density at radius 3 is 2.59 bits per heavy atom. The van der Waals surface area contributed by atoms with E-state index in [-0.39, 0.29) is 0 Å². The van der Waals surface area contributed by atoms with Crippen molar-refractivity contribution in [2.24, 2.45) is 5.92 Å². The van der Waals surface area contributed by atoms with Crippen molar-refractivity contribution in [3.8, 4) is 0 Å². The molecule has 94 valence electrons. The summed E-state index contributed by atoms with van der Waals surface area (Å²) in [6.07, 6.45) is 1.27. The Morgan fingerprint density at radius 2 is 2.00 bits per heavy atom. The summed E-state index contributed by atoms with van der Waals surface area (Å²) in [5.41, 5.74) is 1.43. The molecule has 0 bridgehead atoms. The van der Waals surface area contributed by atoms with Gasteiger partial charge < -0.3 is 5.32 Å². The number of benzene rings is 1. The van der Waals surface area contributed by atoms with Crippen LogP contribution in [-0.2, 0) is 6.54 Å². The molecule has 0 spiro atoms. The van der Waals surface area contributed by atoms with Crippen molar-refractivity contribution in [2.75, 3.05) is 13.6 Å². The van der Waals surface area contributed by atoms with Crippen molar-refractivity contribution in [2.45, 2.75) is 38.9 Å². The SMILES string of the molecule is CNC1CCN(Cc2ccccc2)C1C(C)C. The highest BCUT2D eigenvalue weighted by Crippen LogP contribution is 2.25. The molecule has 0 saturated carbocycles. The van der Waals surface area contributed by atoms with E-state index in [2.05, 4.69) is 61.4 Å². The van der Waals surface area contributed by atoms with Crippen LogP contribution in [0.4, 0.5) is 0 Å². The van der Waals surface area contributed by atoms with E-state index in [0.717, 1.165) is 6.54 Å². The molecule has 17 heavy (non-hydrogen) atoms. The van der Waals surface area contributed by atoms with Gasteiger partial charge in [-0.2, -0.15) is 0 Å². The van der Waals surface area contributed by atoms with Crippen molar-refractivity contribution in [3.05, 3.63) is 35.9 Å². The predicted octanol–water partition coefficient (Wildman–Crippen LogP) is 2.50. The molecule has 0 amide bonds. The van der Waals surface area contributed by atoms with Crippen LogP contribution in [0.25, 0.3) is 0 Å². The number of rotatable bonds is 4. The second-order valence-electron chi connectivity index (χ2n) is 5.37. The van der Waals surface area contributed by atoms with Crippen molar-refractivity contribution in [1.82, 2.24) is 10.2 Å². The van der Waals surface area contributed by atoms with Crippen LogP contribution < -0.4 is 5.32 Å². The van der Waals surface area contributed by atoms with Gasteiger partial charge in [-0.15, -0.1) is 0 Å². The molecule has 2 rings (SSSR count). The maximum Gasteiger partial charge on any atom is 0.0276 e. The van der Waals surface area contributed by atoms with Crippen LogP contribution in [0, 0.1) is 5.92 Å². The molecule has 1 fully saturated rings. The highest BCUT2D eigenvalue weighted by Gasteiger charge is 2.34. The molecule has 1 saturated heterocycles. The fourth-order valence-corrected chi connectivity index (χ4v) is 3.08. The van der Waals surface area contributed by atoms with Crippen LogP contribution in [0.2, 0.25) is 0 Å². The lowest BCUT2D eigenvalue weighted by Gasteiger charge is -2.31. The van der Waals surface area contributed by atoms with Gasteiger partial charge in [-0.3, -0.25) is 4.90 Å². The summed E-state index contributed by atoms with van der Waals surface area (Å²) in [6, 6.07) is 12.1. The van der Waals surface area contributed by atoms with Gasteiger partial charge in [0, 0.05) is 25.2 Å². The Bertz CT molecular complexity index is 334. The van der Waals surface area contributed by atoms with Gasteiger partial charge in [0.25, 0.3) is 0 Å². The third-order valence-electron chi connectivity index (χ3n) is 3.84. The number of hydrogen-bond acceptors (Lipinski definition) is 2. The Kier molecular flexibility index (Phi) is 4.19. The van der Waals surface area contributed by atoms with Crippen molar-refractivity contribution >= 4 is 0 Å². The number of likely N-dealkylation sites (N-methyl/N-ethyl adjacent to an activating group) is 1. The smallest absolute Gasteiger partial charge is 0.0276 e. The average Bonchev–Trinajstić information content (AvgIpc) is 2.73. The first-order chi connectivity index (χ1) is 8.22. The van der Waals surface area contributed by atoms with Crippen molar-refractivity contribution < 1.29 is 0 Å². The zero-order chi connectivity index (χ0) is 12.3. The Balaban J connectivity index is 2.05. The van der Waals surface area contributed by atoms with Crippen molar-refractivity contribution in [1.29, 1.82) is 0 Å². The van der Waals surface area contributed by atoms with E-state index in [4.69, 9.17) is 0 Å². The van der Waals surface area contributed by atoms with Gasteiger partial charge in [0.2, 0.25) is 0 Å². The summed E-state index contributed by atoms with van der Waals surface area (Å²) in [5, 5.41) is 3.47. The van der Waals surface area contributed by atoms with Crippen LogP contribution in [0.5, 0.6) is 0 Å². The summed E-state index contributed by atoms with van der Waals surface area (Å²) >= 11 is 0. The quantitative estimate of drug-likeness (QED) is 0.858. The van der Waals surface area contributed by atoms with E-state index >= 15 is 0 Å². The first-order valence-electron chi connectivity index (χ1n) is 6.67. The van der Waals surface area contributed by atoms with E-state index in [0.29, 0.717) is 18.0 Å². The number of nitrogens with zero attached hydrogens (tertiary/aromatic N) is 1. The van der Waals surface area contributed by atoms with Crippen LogP contribution in [0.1, 0.15) is 25.8 Å². The lowest BCUT2D eigenvalue weighted by molar-refractivity contribution is 0.181. The van der Waals surface area contributed by atoms with Crippen LogP contribution in [0.3, 0.4) is 0 Å². The molecule has 1 aromatic carbocycles. The van der Waals surface area contributed by atoms with Gasteiger partial charge in [0.1, 0.15) is 0 Å². The van der Waals surface area contributed by atoms with Gasteiger partial charge >= 0.3 is 0 Å². The molecular formula is C15H24N2. The molecule has 1 aliphatic rings. The molecule has 2 heteroatoms. The Morgan fingerprint density at radius 1 is 1.29 bits per heavy atom. The third kappa shape index (κ3) is 2.88. The summed E-state index contributed by atoms with van der Waals surface area (Å²) < 4.78 is 0. The van der Waals surface area contributed by atoms with Gasteiger partial charge in [-0.1, -0.05) is 44.2 Å². The van der Waals surface area contributed by atoms with E-state index in [1.54, 1.807) is 0 Å². The van der Waals surface area contributed by atoms with E-state index in [1.165, 1.54) is 18.5 Å². The minimum atomic E-state index is 0.652. The van der Waals surface area contributed by atoms with E-state index in [1.807, 2.05) is 0 Å². The van der Waals surface area contributed by atoms with Crippen molar-refractivity contribution in [3.63, 3.8) is 0 Å². The van der Waals surface area contributed by atoms with Crippen LogP contribution in [-0.4, -0.2) is 30.6 Å². The molecule has 0 aromatic heterocycles. The fraction of sp³-hybridized carbons (Fsp3) is 0.600. The Labute approximate surface area is 105 Å². The molecule has 1 heterocycles. The average molecular weight is 232 g/mol. The summed E-state index contributed by atoms with van der Waals surface area (Å²) in [5.74, 6) is 0.707. The zero-order valence-corrected chi connectivity index (χ0v) is 11.2. The monoisotopic (exact) mass is 232 g/mol. The van der Waals surface area contributed by atoms with Gasteiger partial charge in [-0.05, 0) is 24.9 Å². The molecule has 1 aromatic rings. The number of nitrogens with one attached hydrogen (secondary N) is 1. The Hall–Kier alpha value is -0.860. The number of likely N-dealkylation sites (tertiary alicyclic amines) is 1. The molecule has 2 atom stereocenters. The first-order valence-corrected chi connectivity index (χ1v) is 6.67. The standard InChI is InChI=1S/C15H24N2/c1-12(2)15-14(16-3)9-10-17(15)11-13-7-5-4-6-8-13/h4-8,12,14-16H,9-11H2,1-3H3. The summed E-state index contributed by atoms with van der Waals surface area (Å²) in [6.45, 7) is 6.96. The highest BCUT2D eigenvalue weighted by molar-refractivity contribution is 5.15. The summed E-state index contributed by atoms with van der Waals surface area (Å²) in [7, 11) is 2.09. The first kappa shape index (κ1) is 12.6. The zero-order valence-electron chi connectivity index (χ0n) is 11.2. The molecule has 1 aliphatic heterocycles. The predicted molar refractivity (Wildman–Crippen MR) is 72.9 cm³/mol. The van der Waals surface area contributed by atoms with Crippen LogP contribution in [0.15, 0.2) is 30.3 Å². The number of hydrogen-bond donors (Lipinski definition) is 1. The topological polar surface area (TPSA) is 15.3 Å². The molecule has 0 radical (unpaired) electrons.